The lowest BCUT2D eigenvalue weighted by molar-refractivity contribution is -0.141. The molecule has 0 aliphatic carbocycles. The molecule has 2 N–H and O–H groups in total. The van der Waals surface area contributed by atoms with Gasteiger partial charge < -0.3 is 15.5 Å². The Balaban J connectivity index is 0.00000242. The predicted octanol–water partition coefficient (Wildman–Crippen LogP) is 1.93. The Hall–Kier alpha value is -0.810. The second-order valence-electron chi connectivity index (χ2n) is 6.74. The molecule has 0 radical (unpaired) electrons. The Morgan fingerprint density at radius 2 is 1.91 bits per heavy atom. The molecule has 22 heavy (non-hydrogen) atoms. The standard InChI is InChI=1S/C16H29N3O2.ClH/c1-3-9-16(2,17)15(21)18-11-7-13(8-12-18)19-10-5-4-6-14(19)20;/h13H,3-12,17H2,1-2H3;1H. The highest BCUT2D eigenvalue weighted by Crippen LogP contribution is 2.23. The summed E-state index contributed by atoms with van der Waals surface area (Å²) in [6.45, 7) is 6.22. The van der Waals surface area contributed by atoms with E-state index in [1.54, 1.807) is 0 Å². The normalized spacial score (nSPS) is 23.0. The van der Waals surface area contributed by atoms with E-state index in [1.807, 2.05) is 23.6 Å². The molecule has 0 aromatic rings. The van der Waals surface area contributed by atoms with Gasteiger partial charge in [-0.15, -0.1) is 12.4 Å². The number of likely N-dealkylation sites (tertiary alicyclic amines) is 2. The average Bonchev–Trinajstić information content (AvgIpc) is 2.47. The molecule has 128 valence electrons. The van der Waals surface area contributed by atoms with Crippen molar-refractivity contribution in [2.45, 2.75) is 70.4 Å². The Kier molecular flexibility index (Phi) is 7.13. The van der Waals surface area contributed by atoms with Crippen LogP contribution < -0.4 is 5.73 Å². The Bertz CT molecular complexity index is 393. The molecule has 0 saturated carbocycles. The van der Waals surface area contributed by atoms with Crippen molar-refractivity contribution in [1.29, 1.82) is 0 Å². The van der Waals surface area contributed by atoms with Crippen LogP contribution in [0.4, 0.5) is 0 Å². The molecule has 1 unspecified atom stereocenters. The number of carbonyl (C=O) groups excluding carboxylic acids is 2. The third-order valence-electron chi connectivity index (χ3n) is 4.81. The number of rotatable bonds is 4. The monoisotopic (exact) mass is 331 g/mol. The fourth-order valence-electron chi connectivity index (χ4n) is 3.58. The van der Waals surface area contributed by atoms with Gasteiger partial charge in [-0.2, -0.15) is 0 Å². The molecule has 0 aromatic carbocycles. The average molecular weight is 332 g/mol. The van der Waals surface area contributed by atoms with Crippen LogP contribution in [-0.4, -0.2) is 52.8 Å². The van der Waals surface area contributed by atoms with Crippen molar-refractivity contribution in [1.82, 2.24) is 9.80 Å². The summed E-state index contributed by atoms with van der Waals surface area (Å²) in [5, 5.41) is 0. The van der Waals surface area contributed by atoms with Gasteiger partial charge in [0.05, 0.1) is 5.54 Å². The Morgan fingerprint density at radius 1 is 1.27 bits per heavy atom. The molecule has 2 aliphatic rings. The highest BCUT2D eigenvalue weighted by atomic mass is 35.5. The topological polar surface area (TPSA) is 66.6 Å². The zero-order chi connectivity index (χ0) is 15.5. The Labute approximate surface area is 140 Å². The lowest BCUT2D eigenvalue weighted by atomic mass is 9.93. The third-order valence-corrected chi connectivity index (χ3v) is 4.81. The zero-order valence-corrected chi connectivity index (χ0v) is 14.7. The summed E-state index contributed by atoms with van der Waals surface area (Å²) in [5.41, 5.74) is 5.40. The van der Waals surface area contributed by atoms with E-state index in [-0.39, 0.29) is 18.3 Å². The van der Waals surface area contributed by atoms with E-state index in [0.717, 1.165) is 58.2 Å². The van der Waals surface area contributed by atoms with Crippen molar-refractivity contribution in [3.8, 4) is 0 Å². The summed E-state index contributed by atoms with van der Waals surface area (Å²) in [6, 6.07) is 0.317. The quantitative estimate of drug-likeness (QED) is 0.856. The summed E-state index contributed by atoms with van der Waals surface area (Å²) >= 11 is 0. The number of hydrogen-bond acceptors (Lipinski definition) is 3. The van der Waals surface area contributed by atoms with Gasteiger partial charge in [-0.25, -0.2) is 0 Å². The summed E-state index contributed by atoms with van der Waals surface area (Å²) in [5.74, 6) is 0.355. The lowest BCUT2D eigenvalue weighted by Crippen LogP contribution is -2.57. The molecule has 0 bridgehead atoms. The number of carbonyl (C=O) groups is 2. The van der Waals surface area contributed by atoms with Gasteiger partial charge in [0.15, 0.2) is 0 Å². The smallest absolute Gasteiger partial charge is 0.242 e. The number of halogens is 1. The molecule has 2 fully saturated rings. The maximum atomic E-state index is 12.5. The van der Waals surface area contributed by atoms with Gasteiger partial charge in [0.1, 0.15) is 0 Å². The molecular weight excluding hydrogens is 302 g/mol. The molecule has 0 spiro atoms. The molecule has 2 saturated heterocycles. The summed E-state index contributed by atoms with van der Waals surface area (Å²) < 4.78 is 0. The van der Waals surface area contributed by atoms with Crippen LogP contribution >= 0.6 is 12.4 Å². The molecule has 2 amide bonds. The van der Waals surface area contributed by atoms with E-state index >= 15 is 0 Å². The first-order valence-electron chi connectivity index (χ1n) is 8.33. The maximum Gasteiger partial charge on any atom is 0.242 e. The van der Waals surface area contributed by atoms with Crippen LogP contribution in [0.3, 0.4) is 0 Å². The first-order valence-corrected chi connectivity index (χ1v) is 8.33. The largest absolute Gasteiger partial charge is 0.341 e. The second-order valence-corrected chi connectivity index (χ2v) is 6.74. The Morgan fingerprint density at radius 3 is 2.45 bits per heavy atom. The first kappa shape index (κ1) is 19.2. The van der Waals surface area contributed by atoms with Gasteiger partial charge in [-0.3, -0.25) is 9.59 Å². The van der Waals surface area contributed by atoms with Crippen LogP contribution in [0.1, 0.15) is 58.8 Å². The van der Waals surface area contributed by atoms with Gasteiger partial charge in [0, 0.05) is 32.1 Å². The summed E-state index contributed by atoms with van der Waals surface area (Å²) in [4.78, 5) is 28.4. The van der Waals surface area contributed by atoms with Crippen molar-refractivity contribution in [2.24, 2.45) is 5.73 Å². The van der Waals surface area contributed by atoms with Crippen LogP contribution in [0.15, 0.2) is 0 Å². The molecule has 6 heteroatoms. The molecule has 0 aromatic heterocycles. The van der Waals surface area contributed by atoms with Crippen molar-refractivity contribution < 1.29 is 9.59 Å². The van der Waals surface area contributed by atoms with Gasteiger partial charge >= 0.3 is 0 Å². The van der Waals surface area contributed by atoms with Crippen LogP contribution in [0.25, 0.3) is 0 Å². The summed E-state index contributed by atoms with van der Waals surface area (Å²) in [7, 11) is 0. The van der Waals surface area contributed by atoms with Gasteiger partial charge in [0.25, 0.3) is 0 Å². The fourth-order valence-corrected chi connectivity index (χ4v) is 3.58. The maximum absolute atomic E-state index is 12.5. The highest BCUT2D eigenvalue weighted by Gasteiger charge is 2.36. The molecule has 2 rings (SSSR count). The van der Waals surface area contributed by atoms with Crippen molar-refractivity contribution in [3.05, 3.63) is 0 Å². The second kappa shape index (κ2) is 8.16. The van der Waals surface area contributed by atoms with Crippen molar-refractivity contribution >= 4 is 24.2 Å². The van der Waals surface area contributed by atoms with E-state index in [4.69, 9.17) is 5.73 Å². The first-order chi connectivity index (χ1) is 9.95. The minimum Gasteiger partial charge on any atom is -0.341 e. The van der Waals surface area contributed by atoms with Gasteiger partial charge in [-0.1, -0.05) is 13.3 Å². The van der Waals surface area contributed by atoms with Crippen molar-refractivity contribution in [2.75, 3.05) is 19.6 Å². The minimum absolute atomic E-state index is 0. The molecule has 5 nitrogen and oxygen atoms in total. The molecule has 2 heterocycles. The zero-order valence-electron chi connectivity index (χ0n) is 13.8. The van der Waals surface area contributed by atoms with E-state index in [1.165, 1.54) is 0 Å². The fraction of sp³-hybridized carbons (Fsp3) is 0.875. The minimum atomic E-state index is -0.747. The van der Waals surface area contributed by atoms with Crippen LogP contribution in [0.2, 0.25) is 0 Å². The molecular formula is C16H30ClN3O2. The van der Waals surface area contributed by atoms with Crippen LogP contribution in [0.5, 0.6) is 0 Å². The SMILES string of the molecule is CCCC(C)(N)C(=O)N1CCC(N2CCCCC2=O)CC1.Cl. The number of nitrogens with two attached hydrogens (primary N) is 1. The number of amides is 2. The number of hydrogen-bond donors (Lipinski definition) is 1. The van der Waals surface area contributed by atoms with E-state index in [9.17, 15) is 9.59 Å². The van der Waals surface area contributed by atoms with E-state index in [2.05, 4.69) is 0 Å². The van der Waals surface area contributed by atoms with E-state index in [0.29, 0.717) is 18.4 Å². The lowest BCUT2D eigenvalue weighted by Gasteiger charge is -2.42. The van der Waals surface area contributed by atoms with Crippen LogP contribution in [0, 0.1) is 0 Å². The highest BCUT2D eigenvalue weighted by molar-refractivity contribution is 5.86. The summed E-state index contributed by atoms with van der Waals surface area (Å²) in [6.07, 6.45) is 6.24. The predicted molar refractivity (Wildman–Crippen MR) is 89.9 cm³/mol. The molecule has 2 aliphatic heterocycles. The van der Waals surface area contributed by atoms with E-state index < -0.39 is 5.54 Å². The van der Waals surface area contributed by atoms with Gasteiger partial charge in [-0.05, 0) is 39.0 Å². The van der Waals surface area contributed by atoms with Crippen LogP contribution in [-0.2, 0) is 9.59 Å². The van der Waals surface area contributed by atoms with Crippen molar-refractivity contribution in [3.63, 3.8) is 0 Å². The number of nitrogens with zero attached hydrogens (tertiary/aromatic N) is 2. The number of piperidine rings is 2. The molecule has 1 atom stereocenters. The third kappa shape index (κ3) is 4.35. The van der Waals surface area contributed by atoms with Gasteiger partial charge in [0.2, 0.25) is 11.8 Å².